The molecule has 0 spiro atoms. The number of carbonyl (C=O) groups excluding carboxylic acids is 3. The molecular formula is C22H31N3O11. The van der Waals surface area contributed by atoms with Crippen molar-refractivity contribution in [2.24, 2.45) is 11.8 Å². The van der Waals surface area contributed by atoms with E-state index < -0.39 is 56.1 Å². The monoisotopic (exact) mass is 513 g/mol. The molecular weight excluding hydrogens is 482 g/mol. The van der Waals surface area contributed by atoms with E-state index in [9.17, 15) is 34.6 Å². The van der Waals surface area contributed by atoms with E-state index >= 15 is 0 Å². The highest BCUT2D eigenvalue weighted by molar-refractivity contribution is 6.08. The van der Waals surface area contributed by atoms with E-state index in [4.69, 9.17) is 18.9 Å². The molecule has 0 saturated heterocycles. The number of hydrogen-bond acceptors (Lipinski definition) is 12. The number of nitrogens with zero attached hydrogens (tertiary/aromatic N) is 2. The summed E-state index contributed by atoms with van der Waals surface area (Å²) < 4.78 is 20.7. The van der Waals surface area contributed by atoms with Gasteiger partial charge in [0.05, 0.1) is 48.0 Å². The summed E-state index contributed by atoms with van der Waals surface area (Å²) in [6.07, 6.45) is 0. The lowest BCUT2D eigenvalue weighted by Crippen LogP contribution is -2.58. The Morgan fingerprint density at radius 1 is 0.889 bits per heavy atom. The molecule has 0 saturated carbocycles. The van der Waals surface area contributed by atoms with Gasteiger partial charge in [-0.3, -0.25) is 20.2 Å². The van der Waals surface area contributed by atoms with Crippen molar-refractivity contribution in [2.45, 2.75) is 47.3 Å². The minimum atomic E-state index is -2.74. The molecule has 14 heteroatoms. The molecule has 36 heavy (non-hydrogen) atoms. The number of esters is 3. The molecule has 1 aromatic carbocycles. The first-order chi connectivity index (χ1) is 16.8. The number of rotatable bonds is 14. The molecule has 0 fully saturated rings. The summed E-state index contributed by atoms with van der Waals surface area (Å²) in [6.45, 7) is 9.10. The molecule has 0 amide bonds. The smallest absolute Gasteiger partial charge is 0.372 e. The van der Waals surface area contributed by atoms with Gasteiger partial charge in [-0.25, -0.2) is 14.4 Å². The Morgan fingerprint density at radius 2 is 1.42 bits per heavy atom. The van der Waals surface area contributed by atoms with Crippen LogP contribution in [-0.2, 0) is 28.5 Å². The van der Waals surface area contributed by atoms with Crippen molar-refractivity contribution in [3.63, 3.8) is 0 Å². The second-order valence-corrected chi connectivity index (χ2v) is 8.35. The van der Waals surface area contributed by atoms with Crippen LogP contribution in [0, 0.1) is 32.1 Å². The van der Waals surface area contributed by atoms with Gasteiger partial charge in [-0.2, -0.15) is 0 Å². The zero-order chi connectivity index (χ0) is 27.6. The van der Waals surface area contributed by atoms with Crippen molar-refractivity contribution in [1.82, 2.24) is 0 Å². The Bertz CT molecular complexity index is 974. The Hall–Kier alpha value is -3.81. The summed E-state index contributed by atoms with van der Waals surface area (Å²) >= 11 is 0. The van der Waals surface area contributed by atoms with Crippen LogP contribution in [0.15, 0.2) is 12.1 Å². The van der Waals surface area contributed by atoms with Crippen LogP contribution in [0.25, 0.3) is 0 Å². The van der Waals surface area contributed by atoms with Crippen LogP contribution in [0.4, 0.5) is 17.1 Å². The molecule has 0 bridgehead atoms. The molecule has 0 unspecified atom stereocenters. The first-order valence-electron chi connectivity index (χ1n) is 11.2. The standard InChI is InChI=1S/C22H31N3O11/c1-7-33-20(27)22(21(28)34-8-2,36-12-14(5)6)23-16-9-15(24(29)30)10-17(25(31)32)18(16)19(26)35-11-13(3)4/h9-10,13-14,23H,7-8,11-12H2,1-6H3. The zero-order valence-corrected chi connectivity index (χ0v) is 21.0. The van der Waals surface area contributed by atoms with Crippen molar-refractivity contribution < 1.29 is 43.2 Å². The molecule has 1 rings (SSSR count). The lowest BCUT2D eigenvalue weighted by Gasteiger charge is -2.31. The van der Waals surface area contributed by atoms with Crippen molar-refractivity contribution in [3.8, 4) is 0 Å². The van der Waals surface area contributed by atoms with Crippen LogP contribution in [0.3, 0.4) is 0 Å². The lowest BCUT2D eigenvalue weighted by atomic mass is 10.1. The maximum Gasteiger partial charge on any atom is 0.372 e. The fourth-order valence-electron chi connectivity index (χ4n) is 2.78. The maximum absolute atomic E-state index is 13.0. The highest BCUT2D eigenvalue weighted by atomic mass is 16.6. The van der Waals surface area contributed by atoms with Gasteiger partial charge < -0.3 is 24.3 Å². The fourth-order valence-corrected chi connectivity index (χ4v) is 2.78. The summed E-state index contributed by atoms with van der Waals surface area (Å²) in [6, 6.07) is 1.33. The van der Waals surface area contributed by atoms with E-state index in [0.29, 0.717) is 6.07 Å². The third kappa shape index (κ3) is 7.60. The molecule has 1 aromatic rings. The van der Waals surface area contributed by atoms with E-state index in [0.717, 1.165) is 6.07 Å². The number of ether oxygens (including phenoxy) is 4. The molecule has 0 radical (unpaired) electrons. The van der Waals surface area contributed by atoms with Gasteiger partial charge in [-0.05, 0) is 25.7 Å². The first kappa shape index (κ1) is 30.2. The van der Waals surface area contributed by atoms with Crippen molar-refractivity contribution >= 4 is 35.0 Å². The number of hydrogen-bond donors (Lipinski definition) is 1. The second kappa shape index (κ2) is 13.3. The molecule has 1 N–H and O–H groups in total. The van der Waals surface area contributed by atoms with Crippen LogP contribution >= 0.6 is 0 Å². The van der Waals surface area contributed by atoms with Gasteiger partial charge in [0.25, 0.3) is 11.4 Å². The van der Waals surface area contributed by atoms with E-state index in [2.05, 4.69) is 5.32 Å². The Kier molecular flexibility index (Phi) is 11.2. The van der Waals surface area contributed by atoms with Crippen LogP contribution in [-0.4, -0.2) is 59.9 Å². The summed E-state index contributed by atoms with van der Waals surface area (Å²) in [7, 11) is 0. The van der Waals surface area contributed by atoms with Crippen LogP contribution in [0.2, 0.25) is 0 Å². The predicted molar refractivity (Wildman–Crippen MR) is 125 cm³/mol. The quantitative estimate of drug-likeness (QED) is 0.0957. The molecule has 0 aromatic heterocycles. The van der Waals surface area contributed by atoms with Gasteiger partial charge in [0, 0.05) is 6.07 Å². The number of nitro groups is 2. The van der Waals surface area contributed by atoms with Gasteiger partial charge in [0.1, 0.15) is 0 Å². The van der Waals surface area contributed by atoms with Crippen LogP contribution in [0.1, 0.15) is 51.9 Å². The van der Waals surface area contributed by atoms with Gasteiger partial charge in [0.15, 0.2) is 5.56 Å². The van der Waals surface area contributed by atoms with E-state index in [1.54, 1.807) is 27.7 Å². The van der Waals surface area contributed by atoms with Crippen molar-refractivity contribution in [2.75, 3.05) is 31.7 Å². The zero-order valence-electron chi connectivity index (χ0n) is 21.0. The van der Waals surface area contributed by atoms with E-state index in [1.165, 1.54) is 13.8 Å². The van der Waals surface area contributed by atoms with Crippen molar-refractivity contribution in [3.05, 3.63) is 37.9 Å². The second-order valence-electron chi connectivity index (χ2n) is 8.35. The molecule has 0 aliphatic heterocycles. The third-order valence-corrected chi connectivity index (χ3v) is 4.33. The molecule has 0 atom stereocenters. The number of nitrogens with one attached hydrogen (secondary N) is 1. The molecule has 0 heterocycles. The molecule has 0 aliphatic rings. The summed E-state index contributed by atoms with van der Waals surface area (Å²) in [5.74, 6) is -4.13. The maximum atomic E-state index is 13.0. The first-order valence-corrected chi connectivity index (χ1v) is 11.2. The molecule has 0 aliphatic carbocycles. The van der Waals surface area contributed by atoms with Crippen LogP contribution in [0.5, 0.6) is 0 Å². The Morgan fingerprint density at radius 3 is 1.83 bits per heavy atom. The van der Waals surface area contributed by atoms with Gasteiger partial charge in [0.2, 0.25) is 0 Å². The summed E-state index contributed by atoms with van der Waals surface area (Å²) in [5, 5.41) is 25.6. The van der Waals surface area contributed by atoms with Crippen molar-refractivity contribution in [1.29, 1.82) is 0 Å². The number of non-ortho nitro benzene ring substituents is 1. The predicted octanol–water partition coefficient (Wildman–Crippen LogP) is 3.22. The van der Waals surface area contributed by atoms with E-state index in [1.807, 2.05) is 0 Å². The van der Waals surface area contributed by atoms with Gasteiger partial charge >= 0.3 is 23.6 Å². The normalized spacial score (nSPS) is 11.2. The summed E-state index contributed by atoms with van der Waals surface area (Å²) in [4.78, 5) is 60.3. The van der Waals surface area contributed by atoms with Gasteiger partial charge in [-0.15, -0.1) is 0 Å². The minimum absolute atomic E-state index is 0.128. The summed E-state index contributed by atoms with van der Waals surface area (Å²) in [5.41, 5.74) is -5.90. The highest BCUT2D eigenvalue weighted by Crippen LogP contribution is 2.35. The number of benzene rings is 1. The molecule has 200 valence electrons. The Labute approximate surface area is 207 Å². The number of carbonyl (C=O) groups is 3. The number of anilines is 1. The third-order valence-electron chi connectivity index (χ3n) is 4.33. The fraction of sp³-hybridized carbons (Fsp3) is 0.591. The average molecular weight is 514 g/mol. The Balaban J connectivity index is 3.93. The topological polar surface area (TPSA) is 186 Å². The largest absolute Gasteiger partial charge is 0.462 e. The number of nitro benzene ring substituents is 2. The van der Waals surface area contributed by atoms with E-state index in [-0.39, 0.29) is 38.3 Å². The van der Waals surface area contributed by atoms with Gasteiger partial charge in [-0.1, -0.05) is 27.7 Å². The average Bonchev–Trinajstić information content (AvgIpc) is 2.79. The van der Waals surface area contributed by atoms with Crippen LogP contribution < -0.4 is 5.32 Å². The molecule has 14 nitrogen and oxygen atoms in total. The minimum Gasteiger partial charge on any atom is -0.462 e. The highest BCUT2D eigenvalue weighted by Gasteiger charge is 2.52. The SMILES string of the molecule is CCOC(=O)C(Nc1cc([N+](=O)[O-])cc([N+](=O)[O-])c1C(=O)OCC(C)C)(OCC(C)C)C(=O)OCC. The lowest BCUT2D eigenvalue weighted by molar-refractivity contribution is -0.394.